The lowest BCUT2D eigenvalue weighted by molar-refractivity contribution is -0.154. The van der Waals surface area contributed by atoms with Gasteiger partial charge in [0, 0.05) is 6.61 Å². The molecule has 3 atom stereocenters. The second-order valence-electron chi connectivity index (χ2n) is 9.55. The van der Waals surface area contributed by atoms with Gasteiger partial charge in [0.2, 0.25) is 0 Å². The Bertz CT molecular complexity index is 580. The number of hydrogen-bond acceptors (Lipinski definition) is 4. The Morgan fingerprint density at radius 1 is 1.11 bits per heavy atom. The Hall–Kier alpha value is -0.723. The predicted molar refractivity (Wildman–Crippen MR) is 112 cm³/mol. The van der Waals surface area contributed by atoms with Crippen LogP contribution in [0.25, 0.3) is 0 Å². The van der Waals surface area contributed by atoms with Crippen molar-refractivity contribution in [1.29, 1.82) is 0 Å². The Labute approximate surface area is 166 Å². The van der Waals surface area contributed by atoms with Crippen molar-refractivity contribution in [3.05, 3.63) is 35.9 Å². The number of rotatable bonds is 8. The molecule has 154 valence electrons. The van der Waals surface area contributed by atoms with Crippen LogP contribution in [0.2, 0.25) is 18.1 Å². The quantitative estimate of drug-likeness (QED) is 0.429. The van der Waals surface area contributed by atoms with Crippen molar-refractivity contribution in [3.8, 4) is 0 Å². The highest BCUT2D eigenvalue weighted by molar-refractivity contribution is 6.74. The van der Waals surface area contributed by atoms with E-state index in [0.29, 0.717) is 13.2 Å². The first-order valence-corrected chi connectivity index (χ1v) is 13.0. The molecule has 1 aliphatic rings. The molecular formula is C22H38O4Si. The van der Waals surface area contributed by atoms with Gasteiger partial charge in [0.15, 0.2) is 14.1 Å². The molecule has 1 heterocycles. The normalized spacial score (nSPS) is 24.1. The van der Waals surface area contributed by atoms with E-state index >= 15 is 0 Å². The SMILES string of the molecule is C[C@@H](O[Si](C)(C)C(C)(C)C)[C@H]1OC(C)(C)O[C@@H]1CCOCc1ccccc1. The standard InChI is InChI=1S/C22H38O4Si/c1-17(26-27(7,8)21(2,3)4)20-19(24-22(5,6)25-20)14-15-23-16-18-12-10-9-11-13-18/h9-13,17,19-20H,14-16H2,1-8H3/t17-,19-,20-/m1/s1. The van der Waals surface area contributed by atoms with E-state index in [1.54, 1.807) is 0 Å². The summed E-state index contributed by atoms with van der Waals surface area (Å²) < 4.78 is 24.8. The molecule has 0 aliphatic carbocycles. The first kappa shape index (κ1) is 22.6. The third-order valence-electron chi connectivity index (χ3n) is 5.63. The summed E-state index contributed by atoms with van der Waals surface area (Å²) in [6.07, 6.45) is 0.698. The Kier molecular flexibility index (Phi) is 7.31. The molecule has 1 aromatic rings. The maximum Gasteiger partial charge on any atom is 0.192 e. The van der Waals surface area contributed by atoms with Gasteiger partial charge in [-0.15, -0.1) is 0 Å². The molecule has 0 bridgehead atoms. The van der Waals surface area contributed by atoms with Gasteiger partial charge < -0.3 is 18.6 Å². The molecule has 0 radical (unpaired) electrons. The predicted octanol–water partition coefficient (Wildman–Crippen LogP) is 5.52. The summed E-state index contributed by atoms with van der Waals surface area (Å²) >= 11 is 0. The van der Waals surface area contributed by atoms with Crippen LogP contribution in [-0.2, 0) is 25.2 Å². The van der Waals surface area contributed by atoms with Gasteiger partial charge in [0.05, 0.1) is 18.8 Å². The Morgan fingerprint density at radius 2 is 1.74 bits per heavy atom. The molecule has 0 N–H and O–H groups in total. The van der Waals surface area contributed by atoms with Crippen molar-refractivity contribution < 1.29 is 18.6 Å². The molecule has 1 fully saturated rings. The van der Waals surface area contributed by atoms with E-state index in [1.165, 1.54) is 5.56 Å². The highest BCUT2D eigenvalue weighted by Gasteiger charge is 2.47. The second kappa shape index (κ2) is 8.74. The Morgan fingerprint density at radius 3 is 2.33 bits per heavy atom. The number of hydrogen-bond donors (Lipinski definition) is 0. The van der Waals surface area contributed by atoms with Crippen molar-refractivity contribution in [2.24, 2.45) is 0 Å². The molecule has 1 saturated heterocycles. The van der Waals surface area contributed by atoms with Gasteiger partial charge in [-0.2, -0.15) is 0 Å². The first-order chi connectivity index (χ1) is 12.4. The topological polar surface area (TPSA) is 36.9 Å². The molecule has 2 rings (SSSR count). The van der Waals surface area contributed by atoms with Gasteiger partial charge in [0.25, 0.3) is 0 Å². The van der Waals surface area contributed by atoms with Crippen LogP contribution in [0.5, 0.6) is 0 Å². The third kappa shape index (κ3) is 6.40. The summed E-state index contributed by atoms with van der Waals surface area (Å²) in [4.78, 5) is 0. The molecule has 5 heteroatoms. The molecule has 0 spiro atoms. The largest absolute Gasteiger partial charge is 0.411 e. The van der Waals surface area contributed by atoms with Crippen LogP contribution in [-0.4, -0.2) is 39.0 Å². The van der Waals surface area contributed by atoms with Crippen molar-refractivity contribution in [2.45, 2.75) is 96.8 Å². The van der Waals surface area contributed by atoms with Gasteiger partial charge in [-0.3, -0.25) is 0 Å². The summed E-state index contributed by atoms with van der Waals surface area (Å²) in [5, 5.41) is 0.171. The fourth-order valence-electron chi connectivity index (χ4n) is 3.16. The fourth-order valence-corrected chi connectivity index (χ4v) is 4.57. The van der Waals surface area contributed by atoms with Crippen LogP contribution in [0, 0.1) is 0 Å². The van der Waals surface area contributed by atoms with E-state index < -0.39 is 14.1 Å². The smallest absolute Gasteiger partial charge is 0.192 e. The van der Waals surface area contributed by atoms with Crippen molar-refractivity contribution in [1.82, 2.24) is 0 Å². The van der Waals surface area contributed by atoms with E-state index in [-0.39, 0.29) is 23.4 Å². The lowest BCUT2D eigenvalue weighted by Crippen LogP contribution is -2.48. The monoisotopic (exact) mass is 394 g/mol. The third-order valence-corrected chi connectivity index (χ3v) is 10.2. The van der Waals surface area contributed by atoms with Crippen molar-refractivity contribution in [3.63, 3.8) is 0 Å². The van der Waals surface area contributed by atoms with Gasteiger partial charge in [0.1, 0.15) is 6.10 Å². The minimum atomic E-state index is -1.86. The summed E-state index contributed by atoms with van der Waals surface area (Å²) in [6.45, 7) is 18.7. The van der Waals surface area contributed by atoms with E-state index in [9.17, 15) is 0 Å². The lowest BCUT2D eigenvalue weighted by atomic mass is 10.1. The summed E-state index contributed by atoms with van der Waals surface area (Å²) in [5.41, 5.74) is 1.19. The second-order valence-corrected chi connectivity index (χ2v) is 14.3. The number of benzene rings is 1. The highest BCUT2D eigenvalue weighted by atomic mass is 28.4. The zero-order valence-electron chi connectivity index (χ0n) is 18.4. The summed E-state index contributed by atoms with van der Waals surface area (Å²) in [5.74, 6) is -0.584. The molecule has 4 nitrogen and oxygen atoms in total. The fraction of sp³-hybridized carbons (Fsp3) is 0.727. The van der Waals surface area contributed by atoms with Crippen LogP contribution in [0.15, 0.2) is 30.3 Å². The van der Waals surface area contributed by atoms with Crippen LogP contribution in [0.1, 0.15) is 53.5 Å². The zero-order valence-corrected chi connectivity index (χ0v) is 19.4. The minimum absolute atomic E-state index is 0.00760. The molecule has 0 saturated carbocycles. The van der Waals surface area contributed by atoms with Crippen molar-refractivity contribution in [2.75, 3.05) is 6.61 Å². The molecular weight excluding hydrogens is 356 g/mol. The maximum absolute atomic E-state index is 6.58. The van der Waals surface area contributed by atoms with Gasteiger partial charge >= 0.3 is 0 Å². The molecule has 0 amide bonds. The molecule has 0 aromatic heterocycles. The number of ether oxygens (including phenoxy) is 3. The zero-order chi connectivity index (χ0) is 20.3. The summed E-state index contributed by atoms with van der Waals surface area (Å²) in [7, 11) is -1.86. The average molecular weight is 395 g/mol. The van der Waals surface area contributed by atoms with Crippen molar-refractivity contribution >= 4 is 8.32 Å². The van der Waals surface area contributed by atoms with E-state index in [4.69, 9.17) is 18.6 Å². The first-order valence-electron chi connectivity index (χ1n) is 10.1. The maximum atomic E-state index is 6.58. The molecule has 1 aromatic carbocycles. The minimum Gasteiger partial charge on any atom is -0.411 e. The molecule has 27 heavy (non-hydrogen) atoms. The van der Waals surface area contributed by atoms with Crippen LogP contribution < -0.4 is 0 Å². The van der Waals surface area contributed by atoms with Gasteiger partial charge in [-0.1, -0.05) is 51.1 Å². The average Bonchev–Trinajstić information content (AvgIpc) is 2.86. The van der Waals surface area contributed by atoms with Crippen LogP contribution >= 0.6 is 0 Å². The van der Waals surface area contributed by atoms with E-state index in [2.05, 4.69) is 52.9 Å². The Balaban J connectivity index is 1.91. The van der Waals surface area contributed by atoms with Crippen LogP contribution in [0.3, 0.4) is 0 Å². The van der Waals surface area contributed by atoms with Gasteiger partial charge in [-0.25, -0.2) is 0 Å². The summed E-state index contributed by atoms with van der Waals surface area (Å²) in [6, 6.07) is 10.2. The van der Waals surface area contributed by atoms with E-state index in [1.807, 2.05) is 32.0 Å². The molecule has 0 unspecified atom stereocenters. The van der Waals surface area contributed by atoms with Gasteiger partial charge in [-0.05, 0) is 50.9 Å². The molecule has 1 aliphatic heterocycles. The van der Waals surface area contributed by atoms with E-state index in [0.717, 1.165) is 6.42 Å². The lowest BCUT2D eigenvalue weighted by Gasteiger charge is -2.40. The van der Waals surface area contributed by atoms with Crippen LogP contribution in [0.4, 0.5) is 0 Å². The highest BCUT2D eigenvalue weighted by Crippen LogP contribution is 2.40.